The molecule has 0 aromatic heterocycles. The highest BCUT2D eigenvalue weighted by atomic mass is 32.2. The van der Waals surface area contributed by atoms with Gasteiger partial charge >= 0.3 is 6.09 Å². The van der Waals surface area contributed by atoms with Crippen molar-refractivity contribution in [1.29, 1.82) is 0 Å². The maximum absolute atomic E-state index is 12.3. The summed E-state index contributed by atoms with van der Waals surface area (Å²) >= 11 is 0. The molecule has 126 valence electrons. The number of carbonyl (C=O) groups is 1. The number of hydrogen-bond acceptors (Lipinski definition) is 4. The first-order valence-electron chi connectivity index (χ1n) is 7.11. The topological polar surface area (TPSA) is 83.9 Å². The van der Waals surface area contributed by atoms with Gasteiger partial charge in [0.2, 0.25) is 0 Å². The molecular formula is C14H29NO5S. The molecule has 0 radical (unpaired) electrons. The molecule has 1 N–H and O–H groups in total. The van der Waals surface area contributed by atoms with E-state index in [0.717, 1.165) is 0 Å². The van der Waals surface area contributed by atoms with Crippen molar-refractivity contribution in [3.63, 3.8) is 0 Å². The zero-order valence-corrected chi connectivity index (χ0v) is 15.0. The smallest absolute Gasteiger partial charge is 0.410 e. The van der Waals surface area contributed by atoms with Gasteiger partial charge in [-0.2, -0.15) is 8.42 Å². The van der Waals surface area contributed by atoms with Gasteiger partial charge in [-0.3, -0.25) is 4.55 Å². The van der Waals surface area contributed by atoms with Gasteiger partial charge in [0.1, 0.15) is 5.60 Å². The Hall–Kier alpha value is -0.820. The maximum atomic E-state index is 12.3. The van der Waals surface area contributed by atoms with Crippen LogP contribution in [0.1, 0.15) is 61.3 Å². The summed E-state index contributed by atoms with van der Waals surface area (Å²) in [6, 6.07) is -0.193. The van der Waals surface area contributed by atoms with Crippen molar-refractivity contribution >= 4 is 16.2 Å². The van der Waals surface area contributed by atoms with Gasteiger partial charge in [0, 0.05) is 11.6 Å². The number of ether oxygens (including phenoxy) is 1. The molecule has 1 amide bonds. The predicted octanol–water partition coefficient (Wildman–Crippen LogP) is 3.08. The summed E-state index contributed by atoms with van der Waals surface area (Å²) in [5.41, 5.74) is -1.03. The van der Waals surface area contributed by atoms with Gasteiger partial charge in [-0.25, -0.2) is 4.79 Å². The van der Waals surface area contributed by atoms with Crippen LogP contribution >= 0.6 is 0 Å². The summed E-state index contributed by atoms with van der Waals surface area (Å²) in [6.45, 7) is 12.9. The fraction of sp³-hybridized carbons (Fsp3) is 0.929. The molecule has 7 heteroatoms. The third-order valence-corrected chi connectivity index (χ3v) is 3.58. The van der Waals surface area contributed by atoms with Crippen molar-refractivity contribution in [2.24, 2.45) is 0 Å². The third kappa shape index (κ3) is 8.93. The predicted molar refractivity (Wildman–Crippen MR) is 82.9 cm³/mol. The Kier molecular flexibility index (Phi) is 6.69. The molecule has 0 heterocycles. The number of rotatable bonds is 5. The van der Waals surface area contributed by atoms with E-state index < -0.39 is 27.4 Å². The van der Waals surface area contributed by atoms with E-state index in [4.69, 9.17) is 9.29 Å². The van der Waals surface area contributed by atoms with Crippen LogP contribution in [0.15, 0.2) is 0 Å². The molecule has 0 saturated heterocycles. The average molecular weight is 323 g/mol. The first-order chi connectivity index (χ1) is 9.13. The minimum atomic E-state index is -3.96. The number of amides is 1. The molecule has 1 atom stereocenters. The Morgan fingerprint density at radius 2 is 1.67 bits per heavy atom. The Labute approximate surface area is 128 Å². The highest BCUT2D eigenvalue weighted by molar-refractivity contribution is 7.85. The van der Waals surface area contributed by atoms with Crippen LogP contribution in [-0.2, 0) is 14.9 Å². The van der Waals surface area contributed by atoms with Crippen molar-refractivity contribution in [3.8, 4) is 0 Å². The largest absolute Gasteiger partial charge is 0.444 e. The normalized spacial score (nSPS) is 14.7. The molecule has 0 bridgehead atoms. The Morgan fingerprint density at radius 1 is 1.19 bits per heavy atom. The van der Waals surface area contributed by atoms with Crippen LogP contribution in [0.5, 0.6) is 0 Å². The summed E-state index contributed by atoms with van der Waals surface area (Å²) < 4.78 is 35.7. The van der Waals surface area contributed by atoms with E-state index in [1.807, 2.05) is 27.7 Å². The van der Waals surface area contributed by atoms with Crippen LogP contribution in [0.25, 0.3) is 0 Å². The van der Waals surface area contributed by atoms with E-state index in [9.17, 15) is 13.2 Å². The van der Waals surface area contributed by atoms with Gasteiger partial charge in [0.15, 0.2) is 0 Å². The van der Waals surface area contributed by atoms with Crippen LogP contribution in [0, 0.1) is 0 Å². The third-order valence-electron chi connectivity index (χ3n) is 2.78. The van der Waals surface area contributed by atoms with Crippen molar-refractivity contribution < 1.29 is 22.5 Å². The van der Waals surface area contributed by atoms with E-state index >= 15 is 0 Å². The summed E-state index contributed by atoms with van der Waals surface area (Å²) in [4.78, 5) is 14.0. The summed E-state index contributed by atoms with van der Waals surface area (Å²) in [7, 11) is -3.96. The number of carbonyl (C=O) groups excluding carboxylic acids is 1. The second kappa shape index (κ2) is 6.96. The van der Waals surface area contributed by atoms with E-state index in [0.29, 0.717) is 6.42 Å². The van der Waals surface area contributed by atoms with Crippen LogP contribution in [0.2, 0.25) is 0 Å². The first-order valence-corrected chi connectivity index (χ1v) is 8.72. The Bertz CT molecular complexity index is 445. The van der Waals surface area contributed by atoms with Gasteiger partial charge < -0.3 is 9.64 Å². The minimum Gasteiger partial charge on any atom is -0.444 e. The highest BCUT2D eigenvalue weighted by Gasteiger charge is 2.34. The SMILES string of the molecule is CC(CCCS(=O)(=O)O)N(C(=O)OC(C)(C)C)C(C)(C)C. The summed E-state index contributed by atoms with van der Waals surface area (Å²) in [5, 5.41) is 0. The van der Waals surface area contributed by atoms with E-state index in [1.54, 1.807) is 25.7 Å². The number of nitrogens with zero attached hydrogens (tertiary/aromatic N) is 1. The molecule has 0 aliphatic heterocycles. The quantitative estimate of drug-likeness (QED) is 0.786. The molecule has 0 aliphatic carbocycles. The van der Waals surface area contributed by atoms with Crippen molar-refractivity contribution in [1.82, 2.24) is 4.90 Å². The molecule has 0 aromatic carbocycles. The average Bonchev–Trinajstić information content (AvgIpc) is 2.08. The molecular weight excluding hydrogens is 294 g/mol. The second-order valence-corrected chi connectivity index (χ2v) is 8.87. The lowest BCUT2D eigenvalue weighted by atomic mass is 10.0. The molecule has 1 unspecified atom stereocenters. The van der Waals surface area contributed by atoms with E-state index in [2.05, 4.69) is 0 Å². The van der Waals surface area contributed by atoms with Gasteiger partial charge in [0.25, 0.3) is 10.1 Å². The molecule has 0 aromatic rings. The zero-order valence-electron chi connectivity index (χ0n) is 14.1. The van der Waals surface area contributed by atoms with Gasteiger partial charge in [-0.05, 0) is 61.3 Å². The lowest BCUT2D eigenvalue weighted by molar-refractivity contribution is -0.00617. The first kappa shape index (κ1) is 20.2. The van der Waals surface area contributed by atoms with Gasteiger partial charge in [-0.15, -0.1) is 0 Å². The van der Waals surface area contributed by atoms with Crippen molar-refractivity contribution in [3.05, 3.63) is 0 Å². The zero-order chi connectivity index (χ0) is 17.1. The molecule has 6 nitrogen and oxygen atoms in total. The fourth-order valence-electron chi connectivity index (χ4n) is 2.12. The van der Waals surface area contributed by atoms with Crippen LogP contribution in [-0.4, -0.2) is 46.9 Å². The Morgan fingerprint density at radius 3 is 2.00 bits per heavy atom. The summed E-state index contributed by atoms with van der Waals surface area (Å²) in [6.07, 6.45) is 0.334. The molecule has 0 spiro atoms. The van der Waals surface area contributed by atoms with Gasteiger partial charge in [0.05, 0.1) is 5.75 Å². The summed E-state index contributed by atoms with van der Waals surface area (Å²) in [5.74, 6) is -0.302. The minimum absolute atomic E-state index is 0.193. The molecule has 0 aliphatic rings. The van der Waals surface area contributed by atoms with E-state index in [-0.39, 0.29) is 18.2 Å². The molecule has 0 saturated carbocycles. The van der Waals surface area contributed by atoms with Crippen molar-refractivity contribution in [2.75, 3.05) is 5.75 Å². The van der Waals surface area contributed by atoms with Gasteiger partial charge in [-0.1, -0.05) is 0 Å². The fourth-order valence-corrected chi connectivity index (χ4v) is 2.65. The lowest BCUT2D eigenvalue weighted by Crippen LogP contribution is -2.52. The molecule has 0 rings (SSSR count). The highest BCUT2D eigenvalue weighted by Crippen LogP contribution is 2.23. The maximum Gasteiger partial charge on any atom is 0.410 e. The molecule has 21 heavy (non-hydrogen) atoms. The van der Waals surface area contributed by atoms with Crippen LogP contribution in [0.4, 0.5) is 4.79 Å². The van der Waals surface area contributed by atoms with E-state index in [1.165, 1.54) is 0 Å². The van der Waals surface area contributed by atoms with Crippen LogP contribution < -0.4 is 0 Å². The lowest BCUT2D eigenvalue weighted by Gasteiger charge is -2.41. The van der Waals surface area contributed by atoms with Crippen LogP contribution in [0.3, 0.4) is 0 Å². The second-order valence-electron chi connectivity index (χ2n) is 7.30. The van der Waals surface area contributed by atoms with Crippen molar-refractivity contribution in [2.45, 2.75) is 78.5 Å². The standard InChI is InChI=1S/C14H29NO5S/c1-11(9-8-10-21(17,18)19)15(13(2,3)4)12(16)20-14(5,6)7/h11H,8-10H2,1-7H3,(H,17,18,19). The number of hydrogen-bond donors (Lipinski definition) is 1. The molecule has 0 fully saturated rings. The monoisotopic (exact) mass is 323 g/mol. The Balaban J connectivity index is 4.88.